The molecule has 0 amide bonds. The topological polar surface area (TPSA) is 86.3 Å². The van der Waals surface area contributed by atoms with Crippen LogP contribution in [0, 0.1) is 27.7 Å². The van der Waals surface area contributed by atoms with Crippen LogP contribution in [0.4, 0.5) is 0 Å². The second kappa shape index (κ2) is 6.37. The number of carboxylic acids is 1. The van der Waals surface area contributed by atoms with Crippen LogP contribution in [0.15, 0.2) is 11.0 Å². The van der Waals surface area contributed by atoms with Crippen LogP contribution >= 0.6 is 0 Å². The third-order valence-electron chi connectivity index (χ3n) is 3.42. The molecule has 0 spiro atoms. The van der Waals surface area contributed by atoms with Crippen molar-refractivity contribution >= 4 is 16.0 Å². The smallest absolute Gasteiger partial charge is 0.241 e. The van der Waals surface area contributed by atoms with Crippen LogP contribution in [-0.2, 0) is 14.8 Å². The van der Waals surface area contributed by atoms with Gasteiger partial charge in [0.05, 0.1) is 4.90 Å². The van der Waals surface area contributed by atoms with E-state index in [1.807, 2.05) is 19.9 Å². The molecule has 0 fully saturated rings. The maximum absolute atomic E-state index is 12.3. The lowest BCUT2D eigenvalue weighted by Crippen LogP contribution is -2.29. The average molecular weight is 298 g/mol. The zero-order valence-corrected chi connectivity index (χ0v) is 13.1. The molecule has 0 bridgehead atoms. The number of carbonyl (C=O) groups excluding carboxylic acids is 1. The lowest BCUT2D eigenvalue weighted by Gasteiger charge is -2.16. The standard InChI is InChI=1S/C14H21NO4S/c1-9-8-10(2)12(4)14(11(9)3)20(18,19)15-7-5-6-13(16)17/h8,15H,5-7H2,1-4H3,(H,16,17)/p-1. The summed E-state index contributed by atoms with van der Waals surface area (Å²) in [6.45, 7) is 7.38. The average Bonchev–Trinajstić information content (AvgIpc) is 2.32. The van der Waals surface area contributed by atoms with Crippen molar-refractivity contribution in [1.29, 1.82) is 0 Å². The van der Waals surface area contributed by atoms with Crippen molar-refractivity contribution in [2.75, 3.05) is 6.54 Å². The Morgan fingerprint density at radius 3 is 2.10 bits per heavy atom. The van der Waals surface area contributed by atoms with Gasteiger partial charge in [-0.3, -0.25) is 0 Å². The third kappa shape index (κ3) is 3.80. The summed E-state index contributed by atoms with van der Waals surface area (Å²) >= 11 is 0. The number of sulfonamides is 1. The minimum Gasteiger partial charge on any atom is -0.550 e. The summed E-state index contributed by atoms with van der Waals surface area (Å²) in [6, 6.07) is 1.96. The van der Waals surface area contributed by atoms with Gasteiger partial charge in [-0.15, -0.1) is 0 Å². The predicted octanol–water partition coefficient (Wildman–Crippen LogP) is 0.729. The number of hydrogen-bond donors (Lipinski definition) is 1. The molecular formula is C14H20NO4S-. The summed E-state index contributed by atoms with van der Waals surface area (Å²) in [7, 11) is -3.63. The van der Waals surface area contributed by atoms with Crippen molar-refractivity contribution in [2.24, 2.45) is 0 Å². The van der Waals surface area contributed by atoms with Gasteiger partial charge in [0.1, 0.15) is 0 Å². The summed E-state index contributed by atoms with van der Waals surface area (Å²) < 4.78 is 27.1. The maximum atomic E-state index is 12.3. The molecule has 0 aliphatic heterocycles. The second-order valence-electron chi connectivity index (χ2n) is 4.96. The van der Waals surface area contributed by atoms with E-state index in [1.165, 1.54) is 0 Å². The van der Waals surface area contributed by atoms with Crippen molar-refractivity contribution in [3.8, 4) is 0 Å². The maximum Gasteiger partial charge on any atom is 0.241 e. The van der Waals surface area contributed by atoms with Gasteiger partial charge in [0.25, 0.3) is 0 Å². The molecule has 0 aliphatic rings. The molecule has 0 aliphatic carbocycles. The van der Waals surface area contributed by atoms with E-state index >= 15 is 0 Å². The highest BCUT2D eigenvalue weighted by Crippen LogP contribution is 2.25. The molecule has 0 aromatic heterocycles. The molecule has 20 heavy (non-hydrogen) atoms. The van der Waals surface area contributed by atoms with Gasteiger partial charge >= 0.3 is 0 Å². The Kier molecular flexibility index (Phi) is 5.30. The van der Waals surface area contributed by atoms with Gasteiger partial charge in [-0.1, -0.05) is 6.07 Å². The van der Waals surface area contributed by atoms with Gasteiger partial charge in [0.2, 0.25) is 10.0 Å². The van der Waals surface area contributed by atoms with E-state index in [0.29, 0.717) is 4.90 Å². The van der Waals surface area contributed by atoms with Crippen LogP contribution in [0.25, 0.3) is 0 Å². The monoisotopic (exact) mass is 298 g/mol. The number of aryl methyl sites for hydroxylation is 2. The number of hydrogen-bond acceptors (Lipinski definition) is 4. The van der Waals surface area contributed by atoms with E-state index in [9.17, 15) is 18.3 Å². The van der Waals surface area contributed by atoms with Gasteiger partial charge in [-0.05, 0) is 62.8 Å². The Balaban J connectivity index is 3.01. The SMILES string of the molecule is Cc1cc(C)c(C)c(S(=O)(=O)NCCCC(=O)[O-])c1C. The Bertz CT molecular complexity index is 594. The summed E-state index contributed by atoms with van der Waals surface area (Å²) in [5.74, 6) is -1.18. The van der Waals surface area contributed by atoms with Crippen molar-refractivity contribution in [3.63, 3.8) is 0 Å². The fraction of sp³-hybridized carbons (Fsp3) is 0.500. The van der Waals surface area contributed by atoms with E-state index in [0.717, 1.165) is 22.3 Å². The number of carbonyl (C=O) groups is 1. The number of nitrogens with one attached hydrogen (secondary N) is 1. The van der Waals surface area contributed by atoms with Crippen LogP contribution < -0.4 is 9.83 Å². The molecule has 1 N–H and O–H groups in total. The first-order chi connectivity index (χ1) is 9.16. The molecule has 1 rings (SSSR count). The lowest BCUT2D eigenvalue weighted by atomic mass is 10.0. The van der Waals surface area contributed by atoms with Gasteiger partial charge < -0.3 is 9.90 Å². The van der Waals surface area contributed by atoms with E-state index in [-0.39, 0.29) is 19.4 Å². The van der Waals surface area contributed by atoms with Gasteiger partial charge in [-0.25, -0.2) is 13.1 Å². The highest BCUT2D eigenvalue weighted by Gasteiger charge is 2.21. The Hall–Kier alpha value is -1.40. The van der Waals surface area contributed by atoms with Crippen LogP contribution in [0.5, 0.6) is 0 Å². The van der Waals surface area contributed by atoms with Crippen LogP contribution in [0.2, 0.25) is 0 Å². The zero-order chi connectivity index (χ0) is 15.5. The fourth-order valence-electron chi connectivity index (χ4n) is 2.10. The van der Waals surface area contributed by atoms with Crippen molar-refractivity contribution in [2.45, 2.75) is 45.4 Å². The van der Waals surface area contributed by atoms with Crippen LogP contribution in [-0.4, -0.2) is 20.9 Å². The fourth-order valence-corrected chi connectivity index (χ4v) is 3.78. The molecule has 0 unspecified atom stereocenters. The molecule has 1 aromatic carbocycles. The quantitative estimate of drug-likeness (QED) is 0.784. The summed E-state index contributed by atoms with van der Waals surface area (Å²) in [6.07, 6.45) is 0.0534. The van der Waals surface area contributed by atoms with E-state index in [1.54, 1.807) is 13.8 Å². The molecule has 1 aromatic rings. The first-order valence-corrected chi connectivity index (χ1v) is 7.92. The first-order valence-electron chi connectivity index (χ1n) is 6.43. The Labute approximate surface area is 120 Å². The zero-order valence-electron chi connectivity index (χ0n) is 12.2. The van der Waals surface area contributed by atoms with E-state index in [4.69, 9.17) is 0 Å². The summed E-state index contributed by atoms with van der Waals surface area (Å²) in [4.78, 5) is 10.6. The molecule has 0 radical (unpaired) electrons. The molecule has 112 valence electrons. The highest BCUT2D eigenvalue weighted by molar-refractivity contribution is 7.89. The van der Waals surface area contributed by atoms with E-state index < -0.39 is 16.0 Å². The largest absolute Gasteiger partial charge is 0.550 e. The molecule has 0 saturated heterocycles. The van der Waals surface area contributed by atoms with E-state index in [2.05, 4.69) is 4.72 Å². The van der Waals surface area contributed by atoms with Crippen molar-refractivity contribution in [3.05, 3.63) is 28.3 Å². The molecule has 0 heterocycles. The molecular weight excluding hydrogens is 278 g/mol. The minimum absolute atomic E-state index is 0.0855. The van der Waals surface area contributed by atoms with Gasteiger partial charge in [0.15, 0.2) is 0 Å². The van der Waals surface area contributed by atoms with Gasteiger partial charge in [-0.2, -0.15) is 0 Å². The highest BCUT2D eigenvalue weighted by atomic mass is 32.2. The number of aliphatic carboxylic acids is 1. The molecule has 0 saturated carbocycles. The summed E-state index contributed by atoms with van der Waals surface area (Å²) in [5.41, 5.74) is 3.28. The predicted molar refractivity (Wildman–Crippen MR) is 74.8 cm³/mol. The molecule has 5 nitrogen and oxygen atoms in total. The second-order valence-corrected chi connectivity index (χ2v) is 6.67. The first kappa shape index (κ1) is 16.7. The van der Waals surface area contributed by atoms with Crippen molar-refractivity contribution in [1.82, 2.24) is 4.72 Å². The van der Waals surface area contributed by atoms with Gasteiger partial charge in [0, 0.05) is 12.5 Å². The Morgan fingerprint density at radius 2 is 1.65 bits per heavy atom. The number of benzene rings is 1. The summed E-state index contributed by atoms with van der Waals surface area (Å²) in [5, 5.41) is 10.3. The lowest BCUT2D eigenvalue weighted by molar-refractivity contribution is -0.305. The number of carboxylic acid groups (broad SMARTS) is 1. The minimum atomic E-state index is -3.63. The van der Waals surface area contributed by atoms with Crippen LogP contribution in [0.3, 0.4) is 0 Å². The van der Waals surface area contributed by atoms with Crippen LogP contribution in [0.1, 0.15) is 35.1 Å². The molecule has 0 atom stereocenters. The van der Waals surface area contributed by atoms with Crippen molar-refractivity contribution < 1.29 is 18.3 Å². The normalized spacial score (nSPS) is 11.6. The molecule has 6 heteroatoms. The Morgan fingerprint density at radius 1 is 1.15 bits per heavy atom. The third-order valence-corrected chi connectivity index (χ3v) is 5.15. The number of rotatable bonds is 6.